The van der Waals surface area contributed by atoms with Gasteiger partial charge in [0.05, 0.1) is 0 Å². The average Bonchev–Trinajstić information content (AvgIpc) is 2.56. The Bertz CT molecular complexity index is 374. The maximum absolute atomic E-state index is 3.49. The quantitative estimate of drug-likeness (QED) is 0.717. The fourth-order valence-electron chi connectivity index (χ4n) is 1.88. The van der Waals surface area contributed by atoms with Crippen molar-refractivity contribution in [1.82, 2.24) is 4.98 Å². The van der Waals surface area contributed by atoms with Gasteiger partial charge in [0.1, 0.15) is 0 Å². The molecular weight excluding hydrogens is 158 g/mol. The van der Waals surface area contributed by atoms with Gasteiger partial charge in [0.25, 0.3) is 0 Å². The third kappa shape index (κ3) is 1.24. The van der Waals surface area contributed by atoms with Crippen LogP contribution in [0.2, 0.25) is 0 Å². The van der Waals surface area contributed by atoms with Gasteiger partial charge in [-0.25, -0.2) is 0 Å². The van der Waals surface area contributed by atoms with Crippen LogP contribution in [-0.2, 0) is 12.8 Å². The predicted octanol–water partition coefficient (Wildman–Crippen LogP) is 3.29. The lowest BCUT2D eigenvalue weighted by atomic mass is 10.1. The summed E-state index contributed by atoms with van der Waals surface area (Å²) in [4.78, 5) is 3.49. The first-order chi connectivity index (χ1) is 6.36. The van der Waals surface area contributed by atoms with Crippen molar-refractivity contribution in [2.45, 2.75) is 26.7 Å². The molecular formula is C12H15N. The Morgan fingerprint density at radius 3 is 1.77 bits per heavy atom. The van der Waals surface area contributed by atoms with E-state index in [2.05, 4.69) is 43.1 Å². The molecule has 0 aliphatic rings. The molecule has 0 unspecified atom stereocenters. The van der Waals surface area contributed by atoms with Crippen molar-refractivity contribution in [2.24, 2.45) is 0 Å². The van der Waals surface area contributed by atoms with Crippen LogP contribution in [0.4, 0.5) is 0 Å². The van der Waals surface area contributed by atoms with E-state index in [4.69, 9.17) is 0 Å². The number of nitrogens with one attached hydrogen (secondary N) is 1. The molecule has 1 N–H and O–H groups in total. The van der Waals surface area contributed by atoms with E-state index in [1.807, 2.05) is 0 Å². The normalized spacial score (nSPS) is 10.9. The molecule has 1 heterocycles. The minimum Gasteiger partial charge on any atom is -0.361 e. The molecule has 0 radical (unpaired) electrons. The van der Waals surface area contributed by atoms with E-state index < -0.39 is 0 Å². The summed E-state index contributed by atoms with van der Waals surface area (Å²) >= 11 is 0. The summed E-state index contributed by atoms with van der Waals surface area (Å²) in [5.74, 6) is 0. The van der Waals surface area contributed by atoms with Gasteiger partial charge in [0, 0.05) is 22.2 Å². The van der Waals surface area contributed by atoms with E-state index in [1.54, 1.807) is 0 Å². The van der Waals surface area contributed by atoms with Gasteiger partial charge in [0.2, 0.25) is 0 Å². The van der Waals surface area contributed by atoms with Gasteiger partial charge in [0.15, 0.2) is 0 Å². The van der Waals surface area contributed by atoms with Gasteiger partial charge < -0.3 is 4.98 Å². The van der Waals surface area contributed by atoms with Crippen molar-refractivity contribution >= 4 is 10.8 Å². The van der Waals surface area contributed by atoms with Gasteiger partial charge in [-0.3, -0.25) is 0 Å². The van der Waals surface area contributed by atoms with Crippen LogP contribution in [0.5, 0.6) is 0 Å². The predicted molar refractivity (Wildman–Crippen MR) is 57.1 cm³/mol. The van der Waals surface area contributed by atoms with Crippen LogP contribution in [0.3, 0.4) is 0 Å². The van der Waals surface area contributed by atoms with E-state index in [-0.39, 0.29) is 0 Å². The minimum absolute atomic E-state index is 1.08. The molecule has 0 amide bonds. The summed E-state index contributed by atoms with van der Waals surface area (Å²) in [5.41, 5.74) is 2.74. The second kappa shape index (κ2) is 3.25. The Kier molecular flexibility index (Phi) is 2.09. The first-order valence-corrected chi connectivity index (χ1v) is 4.95. The van der Waals surface area contributed by atoms with Crippen molar-refractivity contribution in [3.63, 3.8) is 0 Å². The third-order valence-electron chi connectivity index (χ3n) is 2.59. The Hall–Kier alpha value is -1.24. The zero-order valence-corrected chi connectivity index (χ0v) is 8.22. The maximum atomic E-state index is 3.49. The first kappa shape index (κ1) is 8.36. The van der Waals surface area contributed by atoms with E-state index >= 15 is 0 Å². The molecule has 2 rings (SSSR count). The Balaban J connectivity index is 2.74. The summed E-state index contributed by atoms with van der Waals surface area (Å²) in [6.45, 7) is 4.38. The molecule has 1 heteroatoms. The summed E-state index contributed by atoms with van der Waals surface area (Å²) in [6, 6.07) is 8.61. The second-order valence-electron chi connectivity index (χ2n) is 3.33. The smallest absolute Gasteiger partial charge is 0.0226 e. The highest BCUT2D eigenvalue weighted by molar-refractivity contribution is 5.88. The number of H-pyrrole nitrogens is 1. The van der Waals surface area contributed by atoms with E-state index in [0.717, 1.165) is 12.8 Å². The standard InChI is InChI=1S/C12H15N/c1-3-11-9-7-5-6-8-10(9)12(4-2)13-11/h5-8,13H,3-4H2,1-2H3. The number of benzene rings is 1. The maximum Gasteiger partial charge on any atom is 0.0226 e. The Morgan fingerprint density at radius 1 is 0.923 bits per heavy atom. The Morgan fingerprint density at radius 2 is 1.38 bits per heavy atom. The monoisotopic (exact) mass is 173 g/mol. The number of aryl methyl sites for hydroxylation is 2. The van der Waals surface area contributed by atoms with Crippen molar-refractivity contribution in [3.8, 4) is 0 Å². The molecule has 0 aliphatic carbocycles. The van der Waals surface area contributed by atoms with Crippen LogP contribution in [0.1, 0.15) is 25.2 Å². The van der Waals surface area contributed by atoms with E-state index in [1.165, 1.54) is 22.2 Å². The molecule has 0 saturated heterocycles. The summed E-state index contributed by atoms with van der Waals surface area (Å²) < 4.78 is 0. The van der Waals surface area contributed by atoms with Crippen LogP contribution in [0.25, 0.3) is 10.8 Å². The molecule has 1 aromatic heterocycles. The van der Waals surface area contributed by atoms with Crippen molar-refractivity contribution in [3.05, 3.63) is 35.7 Å². The fraction of sp³-hybridized carbons (Fsp3) is 0.333. The lowest BCUT2D eigenvalue weighted by Gasteiger charge is -1.91. The third-order valence-corrected chi connectivity index (χ3v) is 2.59. The molecule has 0 spiro atoms. The highest BCUT2D eigenvalue weighted by Crippen LogP contribution is 2.23. The van der Waals surface area contributed by atoms with Crippen molar-refractivity contribution in [1.29, 1.82) is 0 Å². The molecule has 0 atom stereocenters. The molecule has 0 aliphatic heterocycles. The fourth-order valence-corrected chi connectivity index (χ4v) is 1.88. The van der Waals surface area contributed by atoms with Crippen molar-refractivity contribution < 1.29 is 0 Å². The van der Waals surface area contributed by atoms with Gasteiger partial charge >= 0.3 is 0 Å². The summed E-state index contributed by atoms with van der Waals surface area (Å²) in [7, 11) is 0. The molecule has 13 heavy (non-hydrogen) atoms. The molecule has 2 aromatic rings. The zero-order chi connectivity index (χ0) is 9.26. The lowest BCUT2D eigenvalue weighted by Crippen LogP contribution is -1.82. The molecule has 0 fully saturated rings. The summed E-state index contributed by atoms with van der Waals surface area (Å²) in [6.07, 6.45) is 2.17. The number of aromatic amines is 1. The lowest BCUT2D eigenvalue weighted by molar-refractivity contribution is 1.00. The van der Waals surface area contributed by atoms with E-state index in [9.17, 15) is 0 Å². The number of fused-ring (bicyclic) bond motifs is 1. The zero-order valence-electron chi connectivity index (χ0n) is 8.22. The van der Waals surface area contributed by atoms with Gasteiger partial charge in [-0.15, -0.1) is 0 Å². The van der Waals surface area contributed by atoms with Gasteiger partial charge in [-0.1, -0.05) is 38.1 Å². The SMILES string of the molecule is CCc1[nH]c(CC)c2ccccc12. The highest BCUT2D eigenvalue weighted by atomic mass is 14.7. The van der Waals surface area contributed by atoms with Crippen LogP contribution in [-0.4, -0.2) is 4.98 Å². The second-order valence-corrected chi connectivity index (χ2v) is 3.33. The average molecular weight is 173 g/mol. The number of rotatable bonds is 2. The topological polar surface area (TPSA) is 15.8 Å². The largest absolute Gasteiger partial charge is 0.361 e. The first-order valence-electron chi connectivity index (χ1n) is 4.95. The number of hydrogen-bond donors (Lipinski definition) is 1. The highest BCUT2D eigenvalue weighted by Gasteiger charge is 2.05. The molecule has 68 valence electrons. The Labute approximate surface area is 78.8 Å². The minimum atomic E-state index is 1.08. The van der Waals surface area contributed by atoms with Gasteiger partial charge in [-0.2, -0.15) is 0 Å². The number of hydrogen-bond acceptors (Lipinski definition) is 0. The van der Waals surface area contributed by atoms with Crippen LogP contribution in [0.15, 0.2) is 24.3 Å². The molecule has 1 nitrogen and oxygen atoms in total. The van der Waals surface area contributed by atoms with Gasteiger partial charge in [-0.05, 0) is 12.8 Å². The molecule has 1 aromatic carbocycles. The van der Waals surface area contributed by atoms with Crippen molar-refractivity contribution in [2.75, 3.05) is 0 Å². The van der Waals surface area contributed by atoms with E-state index in [0.29, 0.717) is 0 Å². The summed E-state index contributed by atoms with van der Waals surface area (Å²) in [5, 5.41) is 2.78. The van der Waals surface area contributed by atoms with Crippen LogP contribution in [0, 0.1) is 0 Å². The van der Waals surface area contributed by atoms with Crippen LogP contribution >= 0.6 is 0 Å². The molecule has 0 bridgehead atoms. The van der Waals surface area contributed by atoms with Crippen LogP contribution < -0.4 is 0 Å². The molecule has 0 saturated carbocycles. The number of aromatic nitrogens is 1.